The first-order chi connectivity index (χ1) is 34.7. The molecule has 6 aromatic rings. The lowest BCUT2D eigenvalue weighted by atomic mass is 9.87. The van der Waals surface area contributed by atoms with Crippen molar-refractivity contribution in [1.29, 1.82) is 0 Å². The van der Waals surface area contributed by atoms with Crippen molar-refractivity contribution < 1.29 is 9.47 Å². The van der Waals surface area contributed by atoms with Gasteiger partial charge in [-0.1, -0.05) is 89.5 Å². The number of hydrogen-bond acceptors (Lipinski definition) is 12. The molecule has 10 rings (SSSR count). The Bertz CT molecular complexity index is 3080. The molecular weight excluding hydrogens is 893 g/mol. The van der Waals surface area contributed by atoms with Gasteiger partial charge in [0.1, 0.15) is 0 Å². The summed E-state index contributed by atoms with van der Waals surface area (Å²) in [5.74, 6) is 16.3. The lowest BCUT2D eigenvalue weighted by Crippen LogP contribution is -2.43. The maximum Gasteiger partial charge on any atom is 0.221 e. The highest BCUT2D eigenvalue weighted by Gasteiger charge is 2.49. The highest BCUT2D eigenvalue weighted by atomic mass is 16.5. The van der Waals surface area contributed by atoms with Crippen LogP contribution in [-0.4, -0.2) is 49.3 Å². The van der Waals surface area contributed by atoms with Crippen LogP contribution in [0.1, 0.15) is 88.8 Å². The smallest absolute Gasteiger partial charge is 0.221 e. The summed E-state index contributed by atoms with van der Waals surface area (Å²) < 4.78 is 13.2. The van der Waals surface area contributed by atoms with Gasteiger partial charge in [-0.2, -0.15) is 0 Å². The molecule has 2 atom stereocenters. The minimum atomic E-state index is -0.597. The Labute approximate surface area is 422 Å². The summed E-state index contributed by atoms with van der Waals surface area (Å²) in [5, 5.41) is 0. The Kier molecular flexibility index (Phi) is 12.5. The average molecular weight is 951 g/mol. The number of amidine groups is 4. The summed E-state index contributed by atoms with van der Waals surface area (Å²) in [7, 11) is 0. The zero-order valence-corrected chi connectivity index (χ0v) is 42.0. The normalized spacial score (nSPS) is 18.2. The monoisotopic (exact) mass is 950 g/mol. The zero-order valence-electron chi connectivity index (χ0n) is 42.0. The quantitative estimate of drug-likeness (QED) is 0.114. The molecule has 2 saturated heterocycles. The van der Waals surface area contributed by atoms with Gasteiger partial charge in [0.25, 0.3) is 0 Å². The summed E-state index contributed by atoms with van der Waals surface area (Å²) >= 11 is 0. The van der Waals surface area contributed by atoms with E-state index in [-0.39, 0.29) is 10.8 Å². The van der Waals surface area contributed by atoms with E-state index in [2.05, 4.69) is 133 Å². The fourth-order valence-corrected chi connectivity index (χ4v) is 8.82. The second kappa shape index (κ2) is 19.1. The number of benzene rings is 6. The van der Waals surface area contributed by atoms with E-state index in [9.17, 15) is 0 Å². The first kappa shape index (κ1) is 47.3. The van der Waals surface area contributed by atoms with Crippen LogP contribution in [0.15, 0.2) is 177 Å². The van der Waals surface area contributed by atoms with E-state index < -0.39 is 12.7 Å². The van der Waals surface area contributed by atoms with Gasteiger partial charge in [-0.15, -0.1) is 0 Å². The van der Waals surface area contributed by atoms with Crippen LogP contribution in [0, 0.1) is 23.7 Å². The number of nitrogens with two attached hydrogens (primary N) is 2. The van der Waals surface area contributed by atoms with Gasteiger partial charge >= 0.3 is 0 Å². The molecule has 360 valence electrons. The van der Waals surface area contributed by atoms with Crippen molar-refractivity contribution in [3.05, 3.63) is 191 Å². The van der Waals surface area contributed by atoms with Gasteiger partial charge in [0.2, 0.25) is 24.3 Å². The topological polar surface area (TPSA) is 133 Å². The predicted octanol–water partition coefficient (Wildman–Crippen LogP) is 11.0. The molecule has 2 fully saturated rings. The van der Waals surface area contributed by atoms with E-state index in [1.807, 2.05) is 111 Å². The number of anilines is 6. The maximum atomic E-state index is 6.62. The Morgan fingerprint density at radius 3 is 0.861 bits per heavy atom. The van der Waals surface area contributed by atoms with Crippen molar-refractivity contribution in [1.82, 2.24) is 0 Å². The molecule has 4 N–H and O–H groups in total. The van der Waals surface area contributed by atoms with Crippen molar-refractivity contribution in [2.45, 2.75) is 78.9 Å². The molecule has 6 aromatic carbocycles. The number of nitrogens with zero attached hydrogens (tertiary/aromatic N) is 8. The molecular formula is C60H58N10O2. The maximum absolute atomic E-state index is 6.62. The summed E-state index contributed by atoms with van der Waals surface area (Å²) in [6.07, 6.45) is -1.19. The second-order valence-corrected chi connectivity index (χ2v) is 19.9. The van der Waals surface area contributed by atoms with Crippen LogP contribution in [0.25, 0.3) is 0 Å². The molecule has 12 nitrogen and oxygen atoms in total. The highest BCUT2D eigenvalue weighted by Crippen LogP contribution is 2.41. The summed E-state index contributed by atoms with van der Waals surface area (Å²) in [5.41, 5.74) is 22.6. The lowest BCUT2D eigenvalue weighted by Gasteiger charge is -2.31. The van der Waals surface area contributed by atoms with Crippen molar-refractivity contribution in [3.8, 4) is 23.7 Å². The molecule has 0 aromatic heterocycles. The Morgan fingerprint density at radius 2 is 0.625 bits per heavy atom. The van der Waals surface area contributed by atoms with Gasteiger partial charge in [-0.25, -0.2) is 20.0 Å². The largest absolute Gasteiger partial charge is 0.399 e. The molecule has 12 heteroatoms. The van der Waals surface area contributed by atoms with Gasteiger partial charge in [0, 0.05) is 69.6 Å². The minimum absolute atomic E-state index is 0.0345. The van der Waals surface area contributed by atoms with Crippen LogP contribution in [0.3, 0.4) is 0 Å². The van der Waals surface area contributed by atoms with Crippen molar-refractivity contribution in [2.24, 2.45) is 20.0 Å². The third-order valence-electron chi connectivity index (χ3n) is 12.7. The molecule has 4 aliphatic heterocycles. The Hall–Kier alpha value is -8.42. The van der Waals surface area contributed by atoms with Gasteiger partial charge in [0.05, 0.1) is 0 Å². The fraction of sp³-hybridized carbons (Fsp3) is 0.233. The van der Waals surface area contributed by atoms with Crippen LogP contribution in [0.5, 0.6) is 0 Å². The van der Waals surface area contributed by atoms with Crippen LogP contribution in [-0.2, 0) is 20.3 Å². The Balaban J connectivity index is 1.08. The lowest BCUT2D eigenvalue weighted by molar-refractivity contribution is 0.0799. The Morgan fingerprint density at radius 1 is 0.389 bits per heavy atom. The van der Waals surface area contributed by atoms with Crippen molar-refractivity contribution in [2.75, 3.05) is 44.3 Å². The molecule has 0 bridgehead atoms. The van der Waals surface area contributed by atoms with E-state index in [0.717, 1.165) is 45.0 Å². The summed E-state index contributed by atoms with van der Waals surface area (Å²) in [6.45, 7) is 18.2. The average Bonchev–Trinajstić information content (AvgIpc) is 4.13. The first-order valence-electron chi connectivity index (χ1n) is 24.3. The third kappa shape index (κ3) is 9.34. The van der Waals surface area contributed by atoms with E-state index in [1.54, 1.807) is 0 Å². The van der Waals surface area contributed by atoms with Gasteiger partial charge in [-0.05, 0) is 157 Å². The molecule has 0 radical (unpaired) electrons. The molecule has 0 spiro atoms. The first-order valence-corrected chi connectivity index (χ1v) is 24.3. The number of aliphatic imine (C=N–C) groups is 4. The molecule has 0 aliphatic carbocycles. The second-order valence-electron chi connectivity index (χ2n) is 19.9. The predicted molar refractivity (Wildman–Crippen MR) is 294 cm³/mol. The standard InChI is InChI=1S/C60H58N10O2/c1-9-71-57-67(47-31-19-41(20-32-47)13-11-39-15-27-45(61)28-16-39)53-55(69(57)49-35-23-43(24-36-49)59(3,4)5)65-51(63-53)52-64-54-56(66-52)70(50-37-25-44(26-38-50)60(6,7)8)58(72-10-2)68(54)48-33-21-42(22-34-48)14-12-40-17-29-46(62)30-18-40/h15-38,57-58H,9-10,61-62H2,1-8H3/b52-51-. The third-order valence-corrected chi connectivity index (χ3v) is 12.7. The number of fused-ring (bicyclic) bond motifs is 2. The van der Waals surface area contributed by atoms with Gasteiger partial charge < -0.3 is 20.9 Å². The van der Waals surface area contributed by atoms with Gasteiger partial charge in [0.15, 0.2) is 23.3 Å². The number of nitrogen functional groups attached to an aromatic ring is 2. The zero-order chi connectivity index (χ0) is 50.3. The van der Waals surface area contributed by atoms with Gasteiger partial charge in [-0.3, -0.25) is 19.6 Å². The molecule has 0 saturated carbocycles. The van der Waals surface area contributed by atoms with E-state index in [0.29, 0.717) is 59.6 Å². The van der Waals surface area contributed by atoms with Crippen LogP contribution in [0.2, 0.25) is 0 Å². The number of rotatable bonds is 8. The minimum Gasteiger partial charge on any atom is -0.399 e. The van der Waals surface area contributed by atoms with E-state index in [1.165, 1.54) is 11.1 Å². The van der Waals surface area contributed by atoms with E-state index in [4.69, 9.17) is 40.9 Å². The molecule has 2 unspecified atom stereocenters. The number of hydrogen-bond donors (Lipinski definition) is 2. The molecule has 4 heterocycles. The number of ether oxygens (including phenoxy) is 2. The molecule has 0 amide bonds. The van der Waals surface area contributed by atoms with Crippen LogP contribution in [0.4, 0.5) is 34.1 Å². The highest BCUT2D eigenvalue weighted by molar-refractivity contribution is 6.55. The summed E-state index contributed by atoms with van der Waals surface area (Å²) in [6, 6.07) is 48.5. The van der Waals surface area contributed by atoms with Crippen LogP contribution < -0.4 is 31.1 Å². The van der Waals surface area contributed by atoms with E-state index >= 15 is 0 Å². The summed E-state index contributed by atoms with van der Waals surface area (Å²) in [4.78, 5) is 29.5. The van der Waals surface area contributed by atoms with Crippen molar-refractivity contribution in [3.63, 3.8) is 0 Å². The fourth-order valence-electron chi connectivity index (χ4n) is 8.82. The molecule has 4 aliphatic rings. The van der Waals surface area contributed by atoms with Crippen molar-refractivity contribution >= 4 is 57.5 Å². The molecule has 72 heavy (non-hydrogen) atoms. The van der Waals surface area contributed by atoms with Crippen LogP contribution >= 0.6 is 0 Å². The SMILES string of the molecule is CCOC1N(c2ccc(C#Cc3ccc(N)cc3)cc2)C2=N/C(=C3\N=C4C(=N3)N(c3ccc(C(C)(C)C)cc3)C(OCC)N4c3ccc(C#Cc4ccc(N)cc4)cc3)N=C2N1c1ccc(C(C)(C)C)cc1.